The standard InChI is InChI=1S/C25H31N3O4S/c1-18-4-7-21(8-5-18)16-27-17-22(15-24(27)29)25(30)26-10-12-28(13-11-26)33(31,32)23-9-6-19(2)14-20(23)3/h4-9,14,22H,10-13,15-17H2,1-3H3/t22-/m0/s1. The fourth-order valence-electron chi connectivity index (χ4n) is 4.64. The molecule has 0 unspecified atom stereocenters. The van der Waals surface area contributed by atoms with Gasteiger partial charge in [0, 0.05) is 45.7 Å². The molecule has 0 spiro atoms. The van der Waals surface area contributed by atoms with Crippen LogP contribution < -0.4 is 0 Å². The molecule has 0 bridgehead atoms. The Hall–Kier alpha value is -2.71. The highest BCUT2D eigenvalue weighted by Crippen LogP contribution is 2.25. The Bertz CT molecular complexity index is 1150. The van der Waals surface area contributed by atoms with Gasteiger partial charge in [-0.1, -0.05) is 47.5 Å². The van der Waals surface area contributed by atoms with Gasteiger partial charge in [0.05, 0.1) is 10.8 Å². The molecule has 0 aliphatic carbocycles. The molecule has 0 aromatic heterocycles. The van der Waals surface area contributed by atoms with Gasteiger partial charge in [0.15, 0.2) is 0 Å². The molecule has 2 amide bonds. The number of amides is 2. The second-order valence-corrected chi connectivity index (χ2v) is 11.1. The largest absolute Gasteiger partial charge is 0.340 e. The van der Waals surface area contributed by atoms with Crippen LogP contribution in [0.4, 0.5) is 0 Å². The number of carbonyl (C=O) groups is 2. The first-order valence-electron chi connectivity index (χ1n) is 11.3. The van der Waals surface area contributed by atoms with Crippen LogP contribution in [0.1, 0.15) is 28.7 Å². The minimum atomic E-state index is -3.60. The maximum absolute atomic E-state index is 13.1. The van der Waals surface area contributed by atoms with E-state index in [-0.39, 0.29) is 37.2 Å². The Morgan fingerprint density at radius 3 is 2.21 bits per heavy atom. The second-order valence-electron chi connectivity index (χ2n) is 9.16. The van der Waals surface area contributed by atoms with Gasteiger partial charge in [-0.25, -0.2) is 8.42 Å². The van der Waals surface area contributed by atoms with E-state index >= 15 is 0 Å². The highest BCUT2D eigenvalue weighted by Gasteiger charge is 2.38. The molecule has 1 atom stereocenters. The van der Waals surface area contributed by atoms with Crippen LogP contribution in [0.3, 0.4) is 0 Å². The summed E-state index contributed by atoms with van der Waals surface area (Å²) in [4.78, 5) is 29.4. The van der Waals surface area contributed by atoms with Gasteiger partial charge in [-0.2, -0.15) is 4.31 Å². The lowest BCUT2D eigenvalue weighted by molar-refractivity contribution is -0.137. The van der Waals surface area contributed by atoms with Crippen LogP contribution in [0.5, 0.6) is 0 Å². The smallest absolute Gasteiger partial charge is 0.243 e. The summed E-state index contributed by atoms with van der Waals surface area (Å²) >= 11 is 0. The zero-order valence-corrected chi connectivity index (χ0v) is 20.3. The van der Waals surface area contributed by atoms with Crippen molar-refractivity contribution in [2.75, 3.05) is 32.7 Å². The van der Waals surface area contributed by atoms with Gasteiger partial charge in [-0.05, 0) is 38.0 Å². The van der Waals surface area contributed by atoms with Crippen molar-refractivity contribution in [3.63, 3.8) is 0 Å². The van der Waals surface area contributed by atoms with Crippen LogP contribution in [-0.4, -0.2) is 67.1 Å². The monoisotopic (exact) mass is 469 g/mol. The van der Waals surface area contributed by atoms with Crippen molar-refractivity contribution in [1.29, 1.82) is 0 Å². The first-order chi connectivity index (χ1) is 15.6. The maximum atomic E-state index is 13.1. The van der Waals surface area contributed by atoms with E-state index in [2.05, 4.69) is 0 Å². The Balaban J connectivity index is 1.35. The molecule has 2 fully saturated rings. The van der Waals surface area contributed by atoms with Crippen molar-refractivity contribution in [1.82, 2.24) is 14.1 Å². The number of benzene rings is 2. The van der Waals surface area contributed by atoms with E-state index < -0.39 is 10.0 Å². The lowest BCUT2D eigenvalue weighted by Gasteiger charge is -2.35. The quantitative estimate of drug-likeness (QED) is 0.674. The first kappa shape index (κ1) is 23.4. The highest BCUT2D eigenvalue weighted by molar-refractivity contribution is 7.89. The summed E-state index contributed by atoms with van der Waals surface area (Å²) in [5.41, 5.74) is 3.96. The van der Waals surface area contributed by atoms with Crippen molar-refractivity contribution in [3.8, 4) is 0 Å². The molecule has 8 heteroatoms. The fourth-order valence-corrected chi connectivity index (χ4v) is 6.27. The number of hydrogen-bond acceptors (Lipinski definition) is 4. The van der Waals surface area contributed by atoms with Gasteiger partial charge in [-0.3, -0.25) is 9.59 Å². The number of nitrogens with zero attached hydrogens (tertiary/aromatic N) is 3. The van der Waals surface area contributed by atoms with E-state index in [1.54, 1.807) is 28.9 Å². The number of aryl methyl sites for hydroxylation is 3. The first-order valence-corrected chi connectivity index (χ1v) is 12.8. The van der Waals surface area contributed by atoms with Crippen LogP contribution in [0, 0.1) is 26.7 Å². The van der Waals surface area contributed by atoms with Gasteiger partial charge >= 0.3 is 0 Å². The number of sulfonamides is 1. The molecule has 2 saturated heterocycles. The number of likely N-dealkylation sites (tertiary alicyclic amines) is 1. The van der Waals surface area contributed by atoms with Crippen LogP contribution >= 0.6 is 0 Å². The fraction of sp³-hybridized carbons (Fsp3) is 0.440. The highest BCUT2D eigenvalue weighted by atomic mass is 32.2. The van der Waals surface area contributed by atoms with Gasteiger partial charge in [0.2, 0.25) is 21.8 Å². The van der Waals surface area contributed by atoms with Gasteiger partial charge in [0.1, 0.15) is 0 Å². The summed E-state index contributed by atoms with van der Waals surface area (Å²) in [7, 11) is -3.60. The molecule has 33 heavy (non-hydrogen) atoms. The number of rotatable bonds is 5. The molecule has 7 nitrogen and oxygen atoms in total. The number of carbonyl (C=O) groups excluding carboxylic acids is 2. The third kappa shape index (κ3) is 4.96. The van der Waals surface area contributed by atoms with Crippen LogP contribution in [0.15, 0.2) is 47.4 Å². The van der Waals surface area contributed by atoms with Crippen LogP contribution in [-0.2, 0) is 26.2 Å². The van der Waals surface area contributed by atoms with E-state index in [4.69, 9.17) is 0 Å². The Kier molecular flexibility index (Phi) is 6.59. The van der Waals surface area contributed by atoms with Crippen molar-refractivity contribution in [3.05, 3.63) is 64.7 Å². The SMILES string of the molecule is Cc1ccc(CN2C[C@@H](C(=O)N3CCN(S(=O)(=O)c4ccc(C)cc4C)CC3)CC2=O)cc1. The zero-order chi connectivity index (χ0) is 23.8. The van der Waals surface area contributed by atoms with E-state index in [1.165, 1.54) is 9.87 Å². The van der Waals surface area contributed by atoms with Gasteiger partial charge in [0.25, 0.3) is 0 Å². The molecule has 2 aromatic rings. The molecule has 2 aromatic carbocycles. The average molecular weight is 470 g/mol. The molecule has 0 N–H and O–H groups in total. The van der Waals surface area contributed by atoms with Crippen molar-refractivity contribution in [2.45, 2.75) is 38.6 Å². The Morgan fingerprint density at radius 2 is 1.58 bits per heavy atom. The predicted molar refractivity (Wildman–Crippen MR) is 126 cm³/mol. The normalized spacial score (nSPS) is 19.8. The third-order valence-electron chi connectivity index (χ3n) is 6.56. The predicted octanol–water partition coefficient (Wildman–Crippen LogP) is 2.49. The van der Waals surface area contributed by atoms with Crippen molar-refractivity contribution >= 4 is 21.8 Å². The molecular weight excluding hydrogens is 438 g/mol. The summed E-state index contributed by atoms with van der Waals surface area (Å²) in [5.74, 6) is -0.436. The molecule has 2 aliphatic heterocycles. The van der Waals surface area contributed by atoms with E-state index in [1.807, 2.05) is 44.2 Å². The lowest BCUT2D eigenvalue weighted by Crippen LogP contribution is -2.52. The minimum absolute atomic E-state index is 0.00927. The minimum Gasteiger partial charge on any atom is -0.340 e. The number of hydrogen-bond donors (Lipinski definition) is 0. The molecular formula is C25H31N3O4S. The van der Waals surface area contributed by atoms with E-state index in [0.717, 1.165) is 16.7 Å². The summed E-state index contributed by atoms with van der Waals surface area (Å²) < 4.78 is 27.7. The second kappa shape index (κ2) is 9.27. The summed E-state index contributed by atoms with van der Waals surface area (Å²) in [5, 5.41) is 0. The summed E-state index contributed by atoms with van der Waals surface area (Å²) in [6.07, 6.45) is 0.214. The molecule has 2 aliphatic rings. The summed E-state index contributed by atoms with van der Waals surface area (Å²) in [6, 6.07) is 13.4. The van der Waals surface area contributed by atoms with E-state index in [9.17, 15) is 18.0 Å². The maximum Gasteiger partial charge on any atom is 0.243 e. The average Bonchev–Trinajstić information content (AvgIpc) is 3.14. The molecule has 4 rings (SSSR count). The number of piperazine rings is 1. The zero-order valence-electron chi connectivity index (χ0n) is 19.5. The van der Waals surface area contributed by atoms with Crippen molar-refractivity contribution < 1.29 is 18.0 Å². The topological polar surface area (TPSA) is 78.0 Å². The van der Waals surface area contributed by atoms with Crippen LogP contribution in [0.2, 0.25) is 0 Å². The molecule has 0 radical (unpaired) electrons. The Labute approximate surface area is 196 Å². The van der Waals surface area contributed by atoms with Gasteiger partial charge in [-0.15, -0.1) is 0 Å². The Morgan fingerprint density at radius 1 is 0.939 bits per heavy atom. The van der Waals surface area contributed by atoms with Crippen molar-refractivity contribution in [2.24, 2.45) is 5.92 Å². The molecule has 2 heterocycles. The van der Waals surface area contributed by atoms with Crippen LogP contribution in [0.25, 0.3) is 0 Å². The third-order valence-corrected chi connectivity index (χ3v) is 8.62. The summed E-state index contributed by atoms with van der Waals surface area (Å²) in [6.45, 7) is 7.87. The molecule has 176 valence electrons. The van der Waals surface area contributed by atoms with E-state index in [0.29, 0.717) is 31.1 Å². The lowest BCUT2D eigenvalue weighted by atomic mass is 10.1. The molecule has 0 saturated carbocycles. The van der Waals surface area contributed by atoms with Gasteiger partial charge < -0.3 is 9.80 Å².